The molecule has 252 valence electrons. The summed E-state index contributed by atoms with van der Waals surface area (Å²) in [7, 11) is 0. The van der Waals surface area contributed by atoms with E-state index in [1.165, 1.54) is 0 Å². The van der Waals surface area contributed by atoms with Crippen molar-refractivity contribution in [2.24, 2.45) is 11.8 Å². The number of allylic oxidation sites excluding steroid dienone is 6. The lowest BCUT2D eigenvalue weighted by Crippen LogP contribution is -2.41. The molecule has 0 saturated carbocycles. The molecule has 1 atom stereocenters. The summed E-state index contributed by atoms with van der Waals surface area (Å²) in [5, 5.41) is 57.9. The summed E-state index contributed by atoms with van der Waals surface area (Å²) in [4.78, 5) is 37.2. The number of carboxylic acid groups (broad SMARTS) is 2. The molecule has 3 rings (SSSR count). The topological polar surface area (TPSA) is 204 Å². The fourth-order valence-electron chi connectivity index (χ4n) is 5.24. The van der Waals surface area contributed by atoms with Gasteiger partial charge in [0.1, 0.15) is 13.1 Å². The molecule has 0 spiro atoms. The smallest absolute Gasteiger partial charge is 0.303 e. The zero-order chi connectivity index (χ0) is 33.3. The number of anilines is 1. The number of hydrogen-bond acceptors (Lipinski definition) is 13. The number of Topliss-reactive ketones (excluding diaryl/α,β-unsaturated/α-hetero) is 1. The van der Waals surface area contributed by atoms with Crippen LogP contribution in [0, 0.1) is 11.8 Å². The van der Waals surface area contributed by atoms with Crippen LogP contribution in [0.25, 0.3) is 5.57 Å². The van der Waals surface area contributed by atoms with Crippen molar-refractivity contribution >= 4 is 58.8 Å². The van der Waals surface area contributed by atoms with Crippen molar-refractivity contribution < 1.29 is 63.5 Å². The predicted molar refractivity (Wildman–Crippen MR) is 163 cm³/mol. The molecule has 1 aromatic carbocycles. The molecule has 0 saturated heterocycles. The van der Waals surface area contributed by atoms with Crippen molar-refractivity contribution in [3.05, 3.63) is 59.9 Å². The fourth-order valence-corrected chi connectivity index (χ4v) is 5.95. The van der Waals surface area contributed by atoms with Crippen LogP contribution >= 0.6 is 24.1 Å². The van der Waals surface area contributed by atoms with Crippen molar-refractivity contribution in [3.8, 4) is 0 Å². The van der Waals surface area contributed by atoms with Gasteiger partial charge in [0.05, 0.1) is 6.42 Å². The molecule has 0 heterocycles. The van der Waals surface area contributed by atoms with E-state index in [0.29, 0.717) is 68.9 Å². The van der Waals surface area contributed by atoms with Gasteiger partial charge in [-0.2, -0.15) is 8.67 Å². The Balaban J connectivity index is 1.67. The van der Waals surface area contributed by atoms with Crippen LogP contribution in [0.1, 0.15) is 44.1 Å². The maximum atomic E-state index is 13.2. The monoisotopic (exact) mass is 680 g/mol. The van der Waals surface area contributed by atoms with Gasteiger partial charge in [0.2, 0.25) is 0 Å². The second kappa shape index (κ2) is 20.1. The number of carboxylic acids is 2. The standard InChI is InChI=1S/C30H38N2O12S2/c33-25(34)5-1-15-31(17-3-19-45-43-41-39)23-11-7-21(8-12-23)27-29(37)28(30(27)38)22-9-13-24(14-10-22)32(16-2-6-26(35)36)18-4-20-46-44-42-40/h7-14,21,27H,1-6,15-20H2,(H4-,33,34,35,36,37,39,40)/p-2. The number of hydrogen-bond donors (Lipinski definition) is 2. The van der Waals surface area contributed by atoms with Crippen LogP contribution < -0.4 is 20.5 Å². The van der Waals surface area contributed by atoms with Gasteiger partial charge in [-0.3, -0.25) is 24.5 Å². The van der Waals surface area contributed by atoms with Crippen LogP contribution in [0.15, 0.2) is 54.3 Å². The SMILES string of the molecule is O=C(O)CCCN(CCCSOO[O-])c1ccc(C2=C([O-])C(C3C=CC(=[N+](CCCSOO[O-])CCCC(=O)O)C=C3)C2=O)cc1. The van der Waals surface area contributed by atoms with Gasteiger partial charge in [-0.1, -0.05) is 24.3 Å². The molecule has 0 amide bonds. The Kier molecular flexibility index (Phi) is 16.3. The Hall–Kier alpha value is -3.22. The Morgan fingerprint density at radius 1 is 0.848 bits per heavy atom. The summed E-state index contributed by atoms with van der Waals surface area (Å²) in [6, 6.07) is 7.01. The predicted octanol–water partition coefficient (Wildman–Crippen LogP) is 1.21. The highest BCUT2D eigenvalue weighted by Gasteiger charge is 2.38. The van der Waals surface area contributed by atoms with E-state index in [1.54, 1.807) is 24.3 Å². The molecule has 1 aromatic rings. The number of benzene rings is 1. The number of carbonyl (C=O) groups is 3. The van der Waals surface area contributed by atoms with Gasteiger partial charge < -0.3 is 30.7 Å². The maximum Gasteiger partial charge on any atom is 0.303 e. The van der Waals surface area contributed by atoms with Crippen LogP contribution in [-0.2, 0) is 33.1 Å². The molecule has 0 radical (unpaired) electrons. The molecule has 0 fully saturated rings. The summed E-state index contributed by atoms with van der Waals surface area (Å²) in [5.41, 5.74) is 2.29. The van der Waals surface area contributed by atoms with Crippen molar-refractivity contribution in [2.75, 3.05) is 42.6 Å². The zero-order valence-corrected chi connectivity index (χ0v) is 26.6. The van der Waals surface area contributed by atoms with Gasteiger partial charge in [-0.05, 0) is 30.5 Å². The number of rotatable bonds is 23. The highest BCUT2D eigenvalue weighted by atomic mass is 32.2. The van der Waals surface area contributed by atoms with E-state index in [4.69, 9.17) is 10.2 Å². The van der Waals surface area contributed by atoms with Gasteiger partial charge in [-0.25, -0.2) is 4.58 Å². The minimum atomic E-state index is -0.890. The normalized spacial score (nSPS) is 17.3. The molecule has 0 aromatic heterocycles. The Morgan fingerprint density at radius 2 is 1.41 bits per heavy atom. The van der Waals surface area contributed by atoms with Crippen molar-refractivity contribution in [1.29, 1.82) is 0 Å². The second-order valence-corrected chi connectivity index (χ2v) is 12.0. The van der Waals surface area contributed by atoms with Crippen LogP contribution in [-0.4, -0.2) is 75.9 Å². The molecule has 1 unspecified atom stereocenters. The van der Waals surface area contributed by atoms with E-state index >= 15 is 0 Å². The van der Waals surface area contributed by atoms with Crippen molar-refractivity contribution in [3.63, 3.8) is 0 Å². The van der Waals surface area contributed by atoms with Gasteiger partial charge in [0.25, 0.3) is 0 Å². The van der Waals surface area contributed by atoms with Gasteiger partial charge in [0, 0.05) is 103 Å². The third kappa shape index (κ3) is 11.5. The maximum absolute atomic E-state index is 13.2. The molecule has 2 aliphatic carbocycles. The molecule has 2 N–H and O–H groups in total. The summed E-state index contributed by atoms with van der Waals surface area (Å²) in [5.74, 6) is -2.53. The first kappa shape index (κ1) is 37.2. The third-order valence-electron chi connectivity index (χ3n) is 7.41. The van der Waals surface area contributed by atoms with E-state index in [1.807, 2.05) is 33.8 Å². The Bertz CT molecular complexity index is 1280. The largest absolute Gasteiger partial charge is 0.874 e. The molecule has 16 heteroatoms. The molecule has 0 aliphatic heterocycles. The second-order valence-electron chi connectivity index (χ2n) is 10.4. The van der Waals surface area contributed by atoms with Crippen LogP contribution in [0.2, 0.25) is 0 Å². The molecular weight excluding hydrogens is 644 g/mol. The first-order valence-corrected chi connectivity index (χ1v) is 16.5. The highest BCUT2D eigenvalue weighted by Crippen LogP contribution is 2.41. The lowest BCUT2D eigenvalue weighted by Gasteiger charge is -2.40. The first-order valence-electron chi connectivity index (χ1n) is 14.7. The van der Waals surface area contributed by atoms with E-state index in [2.05, 4.69) is 18.7 Å². The zero-order valence-electron chi connectivity index (χ0n) is 24.9. The van der Waals surface area contributed by atoms with Gasteiger partial charge >= 0.3 is 11.9 Å². The lowest BCUT2D eigenvalue weighted by atomic mass is 9.71. The van der Waals surface area contributed by atoms with Crippen molar-refractivity contribution in [1.82, 2.24) is 0 Å². The molecule has 46 heavy (non-hydrogen) atoms. The molecule has 0 bridgehead atoms. The van der Waals surface area contributed by atoms with Gasteiger partial charge in [0.15, 0.2) is 11.5 Å². The molecule has 14 nitrogen and oxygen atoms in total. The Morgan fingerprint density at radius 3 is 2.00 bits per heavy atom. The number of aliphatic carboxylic acids is 2. The Labute approximate surface area is 274 Å². The van der Waals surface area contributed by atoms with Crippen molar-refractivity contribution in [2.45, 2.75) is 38.5 Å². The summed E-state index contributed by atoms with van der Waals surface area (Å²) < 4.78 is 10.6. The summed E-state index contributed by atoms with van der Waals surface area (Å²) in [6.07, 6.45) is 9.44. The fraction of sp³-hybridized carbons (Fsp3) is 0.467. The highest BCUT2D eigenvalue weighted by molar-refractivity contribution is 7.94. The number of carbonyl (C=O) groups excluding carboxylic acids is 1. The van der Waals surface area contributed by atoms with Gasteiger partial charge in [-0.15, -0.1) is 5.76 Å². The first-order chi connectivity index (χ1) is 22.3. The third-order valence-corrected chi connectivity index (χ3v) is 8.62. The van der Waals surface area contributed by atoms with Crippen LogP contribution in [0.4, 0.5) is 5.69 Å². The minimum absolute atomic E-state index is 0.0127. The number of nitrogens with zero attached hydrogens (tertiary/aromatic N) is 2. The van der Waals surface area contributed by atoms with Crippen LogP contribution in [0.5, 0.6) is 0 Å². The van der Waals surface area contributed by atoms with Crippen LogP contribution in [0.3, 0.4) is 0 Å². The molecular formula is C30H36N2O12S2-2. The average molecular weight is 681 g/mol. The summed E-state index contributed by atoms with van der Waals surface area (Å²) in [6.45, 7) is 2.09. The average Bonchev–Trinajstić information content (AvgIpc) is 3.03. The van der Waals surface area contributed by atoms with E-state index < -0.39 is 23.8 Å². The lowest BCUT2D eigenvalue weighted by molar-refractivity contribution is -0.777. The quantitative estimate of drug-likeness (QED) is 0.0548. The minimum Gasteiger partial charge on any atom is -0.874 e. The van der Waals surface area contributed by atoms with E-state index in [0.717, 1.165) is 35.5 Å². The number of ketones is 1. The molecule has 2 aliphatic rings. The van der Waals surface area contributed by atoms with E-state index in [9.17, 15) is 30.0 Å². The van der Waals surface area contributed by atoms with E-state index in [-0.39, 0.29) is 30.0 Å². The summed E-state index contributed by atoms with van der Waals surface area (Å²) >= 11 is 1.75.